The Morgan fingerprint density at radius 1 is 1.38 bits per heavy atom. The molecule has 2 N–H and O–H groups in total. The first-order chi connectivity index (χ1) is 7.77. The Hall–Kier alpha value is -0.570. The maximum Gasteiger partial charge on any atom is 0.227 e. The van der Waals surface area contributed by atoms with Gasteiger partial charge in [0.25, 0.3) is 0 Å². The maximum atomic E-state index is 12.3. The predicted octanol–water partition coefficient (Wildman–Crippen LogP) is 1.76. The van der Waals surface area contributed by atoms with Crippen LogP contribution >= 0.6 is 0 Å². The van der Waals surface area contributed by atoms with E-state index in [1.165, 1.54) is 32.1 Å². The molecule has 92 valence electrons. The van der Waals surface area contributed by atoms with Crippen LogP contribution in [0.1, 0.15) is 45.4 Å². The van der Waals surface area contributed by atoms with Crippen LogP contribution in [-0.2, 0) is 4.79 Å². The van der Waals surface area contributed by atoms with Gasteiger partial charge in [0, 0.05) is 19.1 Å². The minimum absolute atomic E-state index is 0.0550. The van der Waals surface area contributed by atoms with Crippen molar-refractivity contribution < 1.29 is 4.79 Å². The SMILES string of the molecule is CCC(CN)C(=O)N1CCCC2CCCC21. The molecular weight excluding hydrogens is 200 g/mol. The third-order valence-corrected chi connectivity index (χ3v) is 4.40. The van der Waals surface area contributed by atoms with Crippen molar-refractivity contribution >= 4 is 5.91 Å². The molecular formula is C13H24N2O. The molecule has 2 fully saturated rings. The first-order valence-corrected chi connectivity index (χ1v) is 6.78. The monoisotopic (exact) mass is 224 g/mol. The van der Waals surface area contributed by atoms with Crippen LogP contribution in [0, 0.1) is 11.8 Å². The third-order valence-electron chi connectivity index (χ3n) is 4.40. The highest BCUT2D eigenvalue weighted by molar-refractivity contribution is 5.79. The van der Waals surface area contributed by atoms with Gasteiger partial charge >= 0.3 is 0 Å². The summed E-state index contributed by atoms with van der Waals surface area (Å²) < 4.78 is 0. The van der Waals surface area contributed by atoms with Crippen LogP contribution in [-0.4, -0.2) is 29.9 Å². The van der Waals surface area contributed by atoms with Gasteiger partial charge in [0.1, 0.15) is 0 Å². The molecule has 1 amide bonds. The number of carbonyl (C=O) groups is 1. The molecule has 1 saturated carbocycles. The molecule has 3 unspecified atom stereocenters. The van der Waals surface area contributed by atoms with Crippen LogP contribution in [0.2, 0.25) is 0 Å². The Balaban J connectivity index is 2.04. The first kappa shape index (κ1) is 11.9. The molecule has 2 aliphatic rings. The molecule has 3 nitrogen and oxygen atoms in total. The van der Waals surface area contributed by atoms with Gasteiger partial charge in [0.05, 0.1) is 5.92 Å². The van der Waals surface area contributed by atoms with Crippen LogP contribution < -0.4 is 5.73 Å². The van der Waals surface area contributed by atoms with E-state index in [4.69, 9.17) is 5.73 Å². The number of amides is 1. The van der Waals surface area contributed by atoms with Crippen molar-refractivity contribution in [2.24, 2.45) is 17.6 Å². The number of rotatable bonds is 3. The summed E-state index contributed by atoms with van der Waals surface area (Å²) in [6.45, 7) is 3.53. The summed E-state index contributed by atoms with van der Waals surface area (Å²) in [4.78, 5) is 14.5. The molecule has 0 aromatic rings. The number of piperidine rings is 1. The van der Waals surface area contributed by atoms with E-state index in [1.54, 1.807) is 0 Å². The Kier molecular flexibility index (Phi) is 3.85. The second-order valence-electron chi connectivity index (χ2n) is 5.27. The number of nitrogens with two attached hydrogens (primary N) is 1. The number of hydrogen-bond donors (Lipinski definition) is 1. The van der Waals surface area contributed by atoms with Gasteiger partial charge in [-0.3, -0.25) is 4.79 Å². The average molecular weight is 224 g/mol. The molecule has 0 radical (unpaired) electrons. The minimum atomic E-state index is 0.0550. The fourth-order valence-corrected chi connectivity index (χ4v) is 3.40. The van der Waals surface area contributed by atoms with E-state index in [1.807, 2.05) is 0 Å². The van der Waals surface area contributed by atoms with Crippen molar-refractivity contribution in [2.75, 3.05) is 13.1 Å². The number of likely N-dealkylation sites (tertiary alicyclic amines) is 1. The van der Waals surface area contributed by atoms with Gasteiger partial charge in [-0.15, -0.1) is 0 Å². The second-order valence-corrected chi connectivity index (χ2v) is 5.27. The number of nitrogens with zero attached hydrogens (tertiary/aromatic N) is 1. The number of hydrogen-bond acceptors (Lipinski definition) is 2. The van der Waals surface area contributed by atoms with E-state index in [0.29, 0.717) is 18.5 Å². The molecule has 0 bridgehead atoms. The molecule has 3 heteroatoms. The normalized spacial score (nSPS) is 31.2. The fraction of sp³-hybridized carbons (Fsp3) is 0.923. The standard InChI is InChI=1S/C13H24N2O/c1-2-10(9-14)13(16)15-8-4-6-11-5-3-7-12(11)15/h10-12H,2-9,14H2,1H3. The maximum absolute atomic E-state index is 12.3. The summed E-state index contributed by atoms with van der Waals surface area (Å²) in [5.74, 6) is 1.16. The molecule has 1 aliphatic carbocycles. The zero-order valence-corrected chi connectivity index (χ0v) is 10.3. The van der Waals surface area contributed by atoms with Gasteiger partial charge in [-0.2, -0.15) is 0 Å². The summed E-state index contributed by atoms with van der Waals surface area (Å²) >= 11 is 0. The Bertz CT molecular complexity index is 250. The van der Waals surface area contributed by atoms with E-state index in [2.05, 4.69) is 11.8 Å². The van der Waals surface area contributed by atoms with E-state index in [9.17, 15) is 4.79 Å². The van der Waals surface area contributed by atoms with Crippen molar-refractivity contribution in [2.45, 2.75) is 51.5 Å². The lowest BCUT2D eigenvalue weighted by Gasteiger charge is -2.39. The molecule has 1 heterocycles. The van der Waals surface area contributed by atoms with Gasteiger partial charge in [0.15, 0.2) is 0 Å². The summed E-state index contributed by atoms with van der Waals surface area (Å²) in [5.41, 5.74) is 5.68. The molecule has 0 aromatic heterocycles. The fourth-order valence-electron chi connectivity index (χ4n) is 3.40. The van der Waals surface area contributed by atoms with Crippen LogP contribution in [0.15, 0.2) is 0 Å². The quantitative estimate of drug-likeness (QED) is 0.794. The zero-order valence-electron chi connectivity index (χ0n) is 10.3. The predicted molar refractivity (Wildman–Crippen MR) is 64.9 cm³/mol. The smallest absolute Gasteiger partial charge is 0.227 e. The minimum Gasteiger partial charge on any atom is -0.339 e. The number of carbonyl (C=O) groups excluding carboxylic acids is 1. The van der Waals surface area contributed by atoms with Crippen LogP contribution in [0.25, 0.3) is 0 Å². The lowest BCUT2D eigenvalue weighted by molar-refractivity contribution is -0.140. The van der Waals surface area contributed by atoms with Crippen molar-refractivity contribution in [3.8, 4) is 0 Å². The second kappa shape index (κ2) is 5.17. The molecule has 3 atom stereocenters. The molecule has 2 rings (SSSR count). The highest BCUT2D eigenvalue weighted by Crippen LogP contribution is 2.37. The lowest BCUT2D eigenvalue weighted by atomic mass is 9.90. The van der Waals surface area contributed by atoms with Crippen LogP contribution in [0.4, 0.5) is 0 Å². The zero-order chi connectivity index (χ0) is 11.5. The van der Waals surface area contributed by atoms with Crippen molar-refractivity contribution in [3.05, 3.63) is 0 Å². The lowest BCUT2D eigenvalue weighted by Crippen LogP contribution is -2.49. The summed E-state index contributed by atoms with van der Waals surface area (Å²) in [7, 11) is 0. The van der Waals surface area contributed by atoms with Gasteiger partial charge in [-0.25, -0.2) is 0 Å². The Labute approximate surface area is 98.4 Å². The molecule has 0 aromatic carbocycles. The molecule has 1 saturated heterocycles. The van der Waals surface area contributed by atoms with Crippen LogP contribution in [0.3, 0.4) is 0 Å². The van der Waals surface area contributed by atoms with Crippen molar-refractivity contribution in [1.29, 1.82) is 0 Å². The largest absolute Gasteiger partial charge is 0.339 e. The van der Waals surface area contributed by atoms with Gasteiger partial charge in [-0.05, 0) is 38.0 Å². The highest BCUT2D eigenvalue weighted by Gasteiger charge is 2.38. The van der Waals surface area contributed by atoms with Gasteiger partial charge in [0.2, 0.25) is 5.91 Å². The highest BCUT2D eigenvalue weighted by atomic mass is 16.2. The van der Waals surface area contributed by atoms with Gasteiger partial charge in [-0.1, -0.05) is 13.3 Å². The first-order valence-electron chi connectivity index (χ1n) is 6.78. The third kappa shape index (κ3) is 2.10. The van der Waals surface area contributed by atoms with Crippen LogP contribution in [0.5, 0.6) is 0 Å². The molecule has 0 spiro atoms. The molecule has 1 aliphatic heterocycles. The van der Waals surface area contributed by atoms with Crippen molar-refractivity contribution in [1.82, 2.24) is 4.90 Å². The topological polar surface area (TPSA) is 46.3 Å². The van der Waals surface area contributed by atoms with E-state index in [-0.39, 0.29) is 5.92 Å². The summed E-state index contributed by atoms with van der Waals surface area (Å²) in [6.07, 6.45) is 7.24. The van der Waals surface area contributed by atoms with Gasteiger partial charge < -0.3 is 10.6 Å². The van der Waals surface area contributed by atoms with E-state index < -0.39 is 0 Å². The van der Waals surface area contributed by atoms with E-state index >= 15 is 0 Å². The van der Waals surface area contributed by atoms with E-state index in [0.717, 1.165) is 18.9 Å². The molecule has 16 heavy (non-hydrogen) atoms. The average Bonchev–Trinajstić information content (AvgIpc) is 2.78. The number of fused-ring (bicyclic) bond motifs is 1. The Morgan fingerprint density at radius 3 is 2.81 bits per heavy atom. The summed E-state index contributed by atoms with van der Waals surface area (Å²) in [6, 6.07) is 0.543. The van der Waals surface area contributed by atoms with Crippen molar-refractivity contribution in [3.63, 3.8) is 0 Å². The Morgan fingerprint density at radius 2 is 2.12 bits per heavy atom. The summed E-state index contributed by atoms with van der Waals surface area (Å²) in [5, 5.41) is 0.